The zero-order valence-corrected chi connectivity index (χ0v) is 11.9. The van der Waals surface area contributed by atoms with Gasteiger partial charge in [0.05, 0.1) is 24.5 Å². The summed E-state index contributed by atoms with van der Waals surface area (Å²) in [5.41, 5.74) is 5.99. The zero-order valence-electron chi connectivity index (χ0n) is 11.9. The number of amides is 2. The van der Waals surface area contributed by atoms with E-state index in [1.54, 1.807) is 13.8 Å². The first kappa shape index (κ1) is 16.6. The van der Waals surface area contributed by atoms with Gasteiger partial charge in [0, 0.05) is 6.20 Å². The van der Waals surface area contributed by atoms with Crippen LogP contribution in [-0.2, 0) is 20.9 Å². The van der Waals surface area contributed by atoms with E-state index in [-0.39, 0.29) is 19.0 Å². The molecule has 116 valence electrons. The van der Waals surface area contributed by atoms with Crippen LogP contribution in [0.25, 0.3) is 0 Å². The van der Waals surface area contributed by atoms with Crippen LogP contribution in [0.4, 0.5) is 5.69 Å². The molecule has 1 heterocycles. The van der Waals surface area contributed by atoms with E-state index in [9.17, 15) is 14.4 Å². The molecule has 1 atom stereocenters. The van der Waals surface area contributed by atoms with E-state index in [0.29, 0.717) is 5.69 Å². The number of carbonyl (C=O) groups is 3. The Hall–Kier alpha value is -2.42. The van der Waals surface area contributed by atoms with Crippen LogP contribution in [0.5, 0.6) is 0 Å². The van der Waals surface area contributed by atoms with Crippen LogP contribution in [-0.4, -0.2) is 45.3 Å². The van der Waals surface area contributed by atoms with Gasteiger partial charge < -0.3 is 21.5 Å². The Bertz CT molecular complexity index is 525. The minimum atomic E-state index is -1.04. The van der Waals surface area contributed by atoms with Crippen molar-refractivity contribution in [2.24, 2.45) is 11.7 Å². The Kier molecular flexibility index (Phi) is 5.85. The van der Waals surface area contributed by atoms with Crippen molar-refractivity contribution >= 4 is 23.5 Å². The molecule has 1 aromatic heterocycles. The number of carboxylic acid groups (broad SMARTS) is 1. The molecule has 0 saturated carbocycles. The van der Waals surface area contributed by atoms with Crippen LogP contribution in [0.3, 0.4) is 0 Å². The maximum atomic E-state index is 11.6. The van der Waals surface area contributed by atoms with Gasteiger partial charge in [-0.2, -0.15) is 5.10 Å². The number of nitrogens with two attached hydrogens (primary N) is 1. The number of carboxylic acids is 1. The van der Waals surface area contributed by atoms with Crippen molar-refractivity contribution in [2.75, 3.05) is 11.9 Å². The number of rotatable bonds is 7. The molecule has 5 N–H and O–H groups in total. The summed E-state index contributed by atoms with van der Waals surface area (Å²) in [6.45, 7) is 3.10. The molecule has 0 aliphatic heterocycles. The normalized spacial score (nSPS) is 12.0. The number of aromatic nitrogens is 2. The van der Waals surface area contributed by atoms with E-state index in [0.717, 1.165) is 0 Å². The lowest BCUT2D eigenvalue weighted by molar-refractivity contribution is -0.137. The van der Waals surface area contributed by atoms with Gasteiger partial charge >= 0.3 is 5.97 Å². The van der Waals surface area contributed by atoms with Gasteiger partial charge in [0.1, 0.15) is 6.54 Å². The number of hydrogen-bond donors (Lipinski definition) is 4. The van der Waals surface area contributed by atoms with Gasteiger partial charge in [0.15, 0.2) is 0 Å². The Balaban J connectivity index is 2.42. The predicted molar refractivity (Wildman–Crippen MR) is 74.3 cm³/mol. The third-order valence-electron chi connectivity index (χ3n) is 2.66. The molecule has 0 bridgehead atoms. The highest BCUT2D eigenvalue weighted by Gasteiger charge is 2.17. The van der Waals surface area contributed by atoms with Crippen LogP contribution in [0.1, 0.15) is 13.8 Å². The fraction of sp³-hybridized carbons (Fsp3) is 0.500. The van der Waals surface area contributed by atoms with Gasteiger partial charge in [-0.25, -0.2) is 0 Å². The lowest BCUT2D eigenvalue weighted by Crippen LogP contribution is -2.46. The van der Waals surface area contributed by atoms with E-state index in [2.05, 4.69) is 15.7 Å². The molecule has 0 fully saturated rings. The zero-order chi connectivity index (χ0) is 16.0. The molecule has 0 aliphatic rings. The number of nitrogens with one attached hydrogen (secondary N) is 2. The average Bonchev–Trinajstić information content (AvgIpc) is 2.81. The van der Waals surface area contributed by atoms with E-state index < -0.39 is 23.8 Å². The van der Waals surface area contributed by atoms with Crippen molar-refractivity contribution in [3.05, 3.63) is 12.4 Å². The smallest absolute Gasteiger partial charge is 0.325 e. The summed E-state index contributed by atoms with van der Waals surface area (Å²) in [5.74, 6) is -1.91. The van der Waals surface area contributed by atoms with Crippen molar-refractivity contribution in [3.63, 3.8) is 0 Å². The first-order valence-corrected chi connectivity index (χ1v) is 6.37. The molecule has 0 aromatic carbocycles. The fourth-order valence-corrected chi connectivity index (χ4v) is 1.45. The van der Waals surface area contributed by atoms with E-state index in [4.69, 9.17) is 10.8 Å². The summed E-state index contributed by atoms with van der Waals surface area (Å²) in [4.78, 5) is 33.7. The second-order valence-electron chi connectivity index (χ2n) is 4.86. The molecule has 9 heteroatoms. The topological polar surface area (TPSA) is 139 Å². The molecule has 0 radical (unpaired) electrons. The molecule has 1 rings (SSSR count). The Morgan fingerprint density at radius 2 is 2.10 bits per heavy atom. The molecule has 1 aromatic rings. The number of hydrogen-bond acceptors (Lipinski definition) is 5. The summed E-state index contributed by atoms with van der Waals surface area (Å²) in [6, 6.07) is -0.670. The van der Waals surface area contributed by atoms with Crippen molar-refractivity contribution in [1.82, 2.24) is 15.1 Å². The standard InChI is InChI=1S/C12H19N5O4/c1-7(2)11(13)12(21)14-4-9(18)16-8-3-15-17(5-8)6-10(19)20/h3,5,7,11H,4,6,13H2,1-2H3,(H,14,21)(H,16,18)(H,19,20)/t11-/m0/s1. The van der Waals surface area contributed by atoms with Gasteiger partial charge in [-0.05, 0) is 5.92 Å². The third-order valence-corrected chi connectivity index (χ3v) is 2.66. The summed E-state index contributed by atoms with van der Waals surface area (Å²) < 4.78 is 1.17. The minimum absolute atomic E-state index is 0.0256. The van der Waals surface area contributed by atoms with Gasteiger partial charge in [0.25, 0.3) is 0 Å². The molecule has 9 nitrogen and oxygen atoms in total. The summed E-state index contributed by atoms with van der Waals surface area (Å²) in [5, 5.41) is 17.3. The SMILES string of the molecule is CC(C)[C@H](N)C(=O)NCC(=O)Nc1cnn(CC(=O)O)c1. The van der Waals surface area contributed by atoms with E-state index >= 15 is 0 Å². The van der Waals surface area contributed by atoms with Crippen molar-refractivity contribution in [3.8, 4) is 0 Å². The third kappa shape index (κ3) is 5.61. The van der Waals surface area contributed by atoms with Crippen LogP contribution in [0.2, 0.25) is 0 Å². The molecule has 2 amide bonds. The van der Waals surface area contributed by atoms with E-state index in [1.807, 2.05) is 0 Å². The number of nitrogens with zero attached hydrogens (tertiary/aromatic N) is 2. The lowest BCUT2D eigenvalue weighted by atomic mass is 10.1. The van der Waals surface area contributed by atoms with Crippen molar-refractivity contribution < 1.29 is 19.5 Å². The average molecular weight is 297 g/mol. The minimum Gasteiger partial charge on any atom is -0.480 e. The first-order valence-electron chi connectivity index (χ1n) is 6.37. The van der Waals surface area contributed by atoms with Crippen LogP contribution in [0.15, 0.2) is 12.4 Å². The van der Waals surface area contributed by atoms with Gasteiger partial charge in [-0.1, -0.05) is 13.8 Å². The quantitative estimate of drug-likeness (QED) is 0.509. The first-order chi connectivity index (χ1) is 9.79. The van der Waals surface area contributed by atoms with Crippen LogP contribution in [0, 0.1) is 5.92 Å². The summed E-state index contributed by atoms with van der Waals surface area (Å²) in [7, 11) is 0. The lowest BCUT2D eigenvalue weighted by Gasteiger charge is -2.14. The molecule has 0 unspecified atom stereocenters. The molecule has 0 saturated heterocycles. The molecular weight excluding hydrogens is 278 g/mol. The Morgan fingerprint density at radius 1 is 1.43 bits per heavy atom. The Labute approximate surface area is 121 Å². The summed E-state index contributed by atoms with van der Waals surface area (Å²) in [6.07, 6.45) is 2.70. The molecule has 0 spiro atoms. The van der Waals surface area contributed by atoms with E-state index in [1.165, 1.54) is 17.1 Å². The fourth-order valence-electron chi connectivity index (χ4n) is 1.45. The second-order valence-corrected chi connectivity index (χ2v) is 4.86. The predicted octanol–water partition coefficient (Wildman–Crippen LogP) is -0.994. The van der Waals surface area contributed by atoms with Crippen molar-refractivity contribution in [1.29, 1.82) is 0 Å². The number of aliphatic carboxylic acids is 1. The number of anilines is 1. The maximum Gasteiger partial charge on any atom is 0.325 e. The highest BCUT2D eigenvalue weighted by Crippen LogP contribution is 2.04. The molecular formula is C12H19N5O4. The summed E-state index contributed by atoms with van der Waals surface area (Å²) >= 11 is 0. The van der Waals surface area contributed by atoms with Crippen LogP contribution < -0.4 is 16.4 Å². The molecule has 21 heavy (non-hydrogen) atoms. The van der Waals surface area contributed by atoms with Crippen LogP contribution >= 0.6 is 0 Å². The molecule has 0 aliphatic carbocycles. The van der Waals surface area contributed by atoms with Gasteiger partial charge in [-0.15, -0.1) is 0 Å². The van der Waals surface area contributed by atoms with Gasteiger partial charge in [0.2, 0.25) is 11.8 Å². The highest BCUT2D eigenvalue weighted by atomic mass is 16.4. The largest absolute Gasteiger partial charge is 0.480 e. The number of carbonyl (C=O) groups excluding carboxylic acids is 2. The second kappa shape index (κ2) is 7.39. The highest BCUT2D eigenvalue weighted by molar-refractivity contribution is 5.95. The Morgan fingerprint density at radius 3 is 2.67 bits per heavy atom. The van der Waals surface area contributed by atoms with Gasteiger partial charge in [-0.3, -0.25) is 19.1 Å². The van der Waals surface area contributed by atoms with Crippen molar-refractivity contribution in [2.45, 2.75) is 26.4 Å². The monoisotopic (exact) mass is 297 g/mol. The maximum absolute atomic E-state index is 11.6.